The summed E-state index contributed by atoms with van der Waals surface area (Å²) in [6, 6.07) is 3.85. The molecule has 0 unspecified atom stereocenters. The molecule has 0 bridgehead atoms. The summed E-state index contributed by atoms with van der Waals surface area (Å²) in [5, 5.41) is 8.82. The Kier molecular flexibility index (Phi) is 3.43. The number of fused-ring (bicyclic) bond motifs is 2. The van der Waals surface area contributed by atoms with Gasteiger partial charge in [-0.25, -0.2) is 8.42 Å². The number of H-pyrrole nitrogens is 1. The van der Waals surface area contributed by atoms with Gasteiger partial charge in [0.1, 0.15) is 0 Å². The number of aromatic nitrogens is 2. The van der Waals surface area contributed by atoms with Crippen molar-refractivity contribution in [3.63, 3.8) is 0 Å². The van der Waals surface area contributed by atoms with Crippen LogP contribution in [0.15, 0.2) is 18.3 Å². The first-order valence-corrected chi connectivity index (χ1v) is 10.3. The molecular weight excluding hydrogens is 348 g/mol. The van der Waals surface area contributed by atoms with Crippen molar-refractivity contribution in [2.24, 2.45) is 11.8 Å². The Morgan fingerprint density at radius 2 is 2.04 bits per heavy atom. The fourth-order valence-corrected chi connectivity index (χ4v) is 6.17. The zero-order chi connectivity index (χ0) is 17.3. The van der Waals surface area contributed by atoms with Gasteiger partial charge in [-0.2, -0.15) is 9.40 Å². The van der Waals surface area contributed by atoms with Crippen molar-refractivity contribution in [2.45, 2.75) is 19.4 Å². The van der Waals surface area contributed by atoms with Gasteiger partial charge in [0.2, 0.25) is 10.0 Å². The smallest absolute Gasteiger partial charge is 0.211 e. The third kappa shape index (κ3) is 2.33. The lowest BCUT2D eigenvalue weighted by atomic mass is 9.85. The van der Waals surface area contributed by atoms with E-state index in [1.165, 1.54) is 6.26 Å². The van der Waals surface area contributed by atoms with Crippen LogP contribution < -0.4 is 4.90 Å². The first kappa shape index (κ1) is 16.2. The highest BCUT2D eigenvalue weighted by molar-refractivity contribution is 7.88. The van der Waals surface area contributed by atoms with E-state index in [2.05, 4.69) is 15.1 Å². The van der Waals surface area contributed by atoms with E-state index < -0.39 is 10.0 Å². The lowest BCUT2D eigenvalue weighted by Gasteiger charge is -2.35. The number of halogens is 1. The van der Waals surface area contributed by atoms with Gasteiger partial charge in [0.15, 0.2) is 0 Å². The van der Waals surface area contributed by atoms with Gasteiger partial charge in [-0.15, -0.1) is 0 Å². The van der Waals surface area contributed by atoms with E-state index in [9.17, 15) is 8.42 Å². The van der Waals surface area contributed by atoms with Gasteiger partial charge in [-0.05, 0) is 31.9 Å². The molecule has 1 aromatic heterocycles. The average Bonchev–Trinajstić information content (AvgIpc) is 3.12. The minimum atomic E-state index is -3.19. The summed E-state index contributed by atoms with van der Waals surface area (Å²) in [4.78, 5) is 2.32. The predicted octanol–water partition coefficient (Wildman–Crippen LogP) is 2.32. The number of hydrogen-bond donors (Lipinski definition) is 1. The van der Waals surface area contributed by atoms with Crippen molar-refractivity contribution in [3.8, 4) is 0 Å². The summed E-state index contributed by atoms with van der Waals surface area (Å²) >= 11 is 6.26. The minimum Gasteiger partial charge on any atom is -0.370 e. The molecule has 2 saturated heterocycles. The van der Waals surface area contributed by atoms with Crippen LogP contribution in [-0.2, 0) is 10.0 Å². The van der Waals surface area contributed by atoms with Crippen LogP contribution in [0.2, 0.25) is 5.02 Å². The number of sulfonamides is 1. The molecule has 0 aliphatic carbocycles. The summed E-state index contributed by atoms with van der Waals surface area (Å²) in [7, 11) is -3.19. The maximum Gasteiger partial charge on any atom is 0.211 e. The highest BCUT2D eigenvalue weighted by atomic mass is 35.5. The van der Waals surface area contributed by atoms with Crippen LogP contribution in [0.4, 0.5) is 5.69 Å². The van der Waals surface area contributed by atoms with Crippen molar-refractivity contribution in [1.82, 2.24) is 14.5 Å². The van der Waals surface area contributed by atoms with Crippen molar-refractivity contribution in [2.75, 3.05) is 30.8 Å². The Hall–Kier alpha value is -1.31. The Bertz CT molecular complexity index is 908. The molecule has 0 amide bonds. The van der Waals surface area contributed by atoms with Crippen molar-refractivity contribution in [3.05, 3.63) is 23.4 Å². The van der Waals surface area contributed by atoms with Crippen LogP contribution in [0.5, 0.6) is 0 Å². The molecular formula is C16H21ClN4O2S. The SMILES string of the molecule is CC1(C)[C@H]2CN(c3cc(Cl)cc4[nH]ncc34)C[C@H]2CN1S(C)(=O)=O. The van der Waals surface area contributed by atoms with Crippen LogP contribution in [0.1, 0.15) is 13.8 Å². The molecule has 0 saturated carbocycles. The second kappa shape index (κ2) is 5.09. The highest BCUT2D eigenvalue weighted by Gasteiger charge is 2.54. The largest absolute Gasteiger partial charge is 0.370 e. The minimum absolute atomic E-state index is 0.299. The number of rotatable bonds is 2. The molecule has 2 aromatic rings. The molecule has 2 aliphatic heterocycles. The van der Waals surface area contributed by atoms with Crippen molar-refractivity contribution >= 4 is 38.2 Å². The van der Waals surface area contributed by atoms with Crippen LogP contribution in [0.3, 0.4) is 0 Å². The first-order valence-electron chi connectivity index (χ1n) is 8.03. The van der Waals surface area contributed by atoms with Crippen LogP contribution in [-0.4, -0.2) is 54.3 Å². The Morgan fingerprint density at radius 3 is 2.71 bits per heavy atom. The van der Waals surface area contributed by atoms with Gasteiger partial charge in [-0.3, -0.25) is 5.10 Å². The molecule has 2 atom stereocenters. The van der Waals surface area contributed by atoms with Gasteiger partial charge in [0.25, 0.3) is 0 Å². The molecule has 3 heterocycles. The number of nitrogens with one attached hydrogen (secondary N) is 1. The molecule has 2 aliphatic rings. The molecule has 24 heavy (non-hydrogen) atoms. The zero-order valence-corrected chi connectivity index (χ0v) is 15.5. The molecule has 130 valence electrons. The number of nitrogens with zero attached hydrogens (tertiary/aromatic N) is 3. The van der Waals surface area contributed by atoms with Crippen LogP contribution in [0, 0.1) is 11.8 Å². The second-order valence-corrected chi connectivity index (χ2v) is 9.82. The number of anilines is 1. The van der Waals surface area contributed by atoms with Gasteiger partial charge in [-0.1, -0.05) is 11.6 Å². The number of aromatic amines is 1. The second-order valence-electron chi connectivity index (χ2n) is 7.48. The van der Waals surface area contributed by atoms with Gasteiger partial charge < -0.3 is 4.90 Å². The summed E-state index contributed by atoms with van der Waals surface area (Å²) in [6.45, 7) is 6.31. The van der Waals surface area contributed by atoms with Crippen molar-refractivity contribution in [1.29, 1.82) is 0 Å². The molecule has 1 aromatic carbocycles. The zero-order valence-electron chi connectivity index (χ0n) is 14.0. The first-order chi connectivity index (χ1) is 11.2. The number of hydrogen-bond acceptors (Lipinski definition) is 4. The molecule has 1 N–H and O–H groups in total. The maximum absolute atomic E-state index is 12.1. The number of benzene rings is 1. The summed E-state index contributed by atoms with van der Waals surface area (Å²) < 4.78 is 25.9. The van der Waals surface area contributed by atoms with E-state index >= 15 is 0 Å². The molecule has 0 radical (unpaired) electrons. The van der Waals surface area contributed by atoms with E-state index in [1.807, 2.05) is 32.2 Å². The third-order valence-electron chi connectivity index (χ3n) is 5.63. The normalized spacial score (nSPS) is 27.1. The summed E-state index contributed by atoms with van der Waals surface area (Å²) in [5.41, 5.74) is 1.62. The quantitative estimate of drug-likeness (QED) is 0.883. The summed E-state index contributed by atoms with van der Waals surface area (Å²) in [5.74, 6) is 0.629. The fourth-order valence-electron chi connectivity index (χ4n) is 4.51. The Balaban J connectivity index is 1.68. The van der Waals surface area contributed by atoms with Gasteiger partial charge >= 0.3 is 0 Å². The molecule has 0 spiro atoms. The molecule has 2 fully saturated rings. The van der Waals surface area contributed by atoms with E-state index in [-0.39, 0.29) is 5.54 Å². The lowest BCUT2D eigenvalue weighted by Crippen LogP contribution is -2.47. The standard InChI is InChI=1S/C16H21ClN4O2S/c1-16(2)13-9-20(7-10(13)8-21(16)24(3,22)23)15-5-11(17)4-14-12(15)6-18-19-14/h4-6,10,13H,7-9H2,1-3H3,(H,18,19)/t10-,13-/m0/s1. The Labute approximate surface area is 146 Å². The molecule has 6 nitrogen and oxygen atoms in total. The predicted molar refractivity (Wildman–Crippen MR) is 95.9 cm³/mol. The van der Waals surface area contributed by atoms with E-state index in [1.54, 1.807) is 4.31 Å². The average molecular weight is 369 g/mol. The Morgan fingerprint density at radius 1 is 1.29 bits per heavy atom. The monoisotopic (exact) mass is 368 g/mol. The van der Waals surface area contributed by atoms with Crippen molar-refractivity contribution < 1.29 is 8.42 Å². The lowest BCUT2D eigenvalue weighted by molar-refractivity contribution is 0.237. The molecule has 4 rings (SSSR count). The fraction of sp³-hybridized carbons (Fsp3) is 0.562. The van der Waals surface area contributed by atoms with Gasteiger partial charge in [0, 0.05) is 47.2 Å². The third-order valence-corrected chi connectivity index (χ3v) is 7.27. The van der Waals surface area contributed by atoms with Gasteiger partial charge in [0.05, 0.1) is 18.0 Å². The molecule has 8 heteroatoms. The highest BCUT2D eigenvalue weighted by Crippen LogP contribution is 2.46. The van der Waals surface area contributed by atoms with E-state index in [0.717, 1.165) is 29.7 Å². The topological polar surface area (TPSA) is 69.3 Å². The van der Waals surface area contributed by atoms with E-state index in [4.69, 9.17) is 11.6 Å². The van der Waals surface area contributed by atoms with Crippen LogP contribution >= 0.6 is 11.6 Å². The maximum atomic E-state index is 12.1. The summed E-state index contributed by atoms with van der Waals surface area (Å²) in [6.07, 6.45) is 3.13. The van der Waals surface area contributed by atoms with E-state index in [0.29, 0.717) is 23.4 Å². The van der Waals surface area contributed by atoms with Crippen LogP contribution in [0.25, 0.3) is 10.9 Å².